The molecule has 0 atom stereocenters. The summed E-state index contributed by atoms with van der Waals surface area (Å²) in [5.74, 6) is 2.79. The number of benzene rings is 1. The molecular formula is C19H29IN4O3S. The number of rotatable bonds is 9. The highest BCUT2D eigenvalue weighted by Gasteiger charge is 2.13. The van der Waals surface area contributed by atoms with Crippen LogP contribution in [0.2, 0.25) is 0 Å². The van der Waals surface area contributed by atoms with Crippen LogP contribution in [-0.2, 0) is 19.4 Å². The molecule has 2 aromatic rings. The number of guanidine groups is 1. The first kappa shape index (κ1) is 24.3. The first-order chi connectivity index (χ1) is 13.1. The van der Waals surface area contributed by atoms with Gasteiger partial charge in [0.15, 0.2) is 5.96 Å². The molecule has 0 saturated carbocycles. The van der Waals surface area contributed by atoms with Gasteiger partial charge in [-0.3, -0.25) is 4.99 Å². The Kier molecular flexibility index (Phi) is 11.0. The van der Waals surface area contributed by atoms with E-state index < -0.39 is 0 Å². The van der Waals surface area contributed by atoms with Gasteiger partial charge in [0.1, 0.15) is 17.2 Å². The average molecular weight is 520 g/mol. The molecular weight excluding hydrogens is 491 g/mol. The summed E-state index contributed by atoms with van der Waals surface area (Å²) in [5.41, 5.74) is 0.899. The van der Waals surface area contributed by atoms with Crippen molar-refractivity contribution in [1.82, 2.24) is 15.6 Å². The molecule has 0 aliphatic heterocycles. The Bertz CT molecular complexity index is 742. The van der Waals surface area contributed by atoms with Crippen LogP contribution in [0.3, 0.4) is 0 Å². The maximum absolute atomic E-state index is 5.48. The van der Waals surface area contributed by atoms with E-state index in [-0.39, 0.29) is 24.0 Å². The van der Waals surface area contributed by atoms with E-state index in [9.17, 15) is 0 Å². The van der Waals surface area contributed by atoms with Gasteiger partial charge in [-0.25, -0.2) is 4.98 Å². The first-order valence-corrected chi connectivity index (χ1v) is 9.63. The number of methoxy groups -OCH3 is 3. The summed E-state index contributed by atoms with van der Waals surface area (Å²) in [5, 5.41) is 7.74. The zero-order valence-corrected chi connectivity index (χ0v) is 20.1. The van der Waals surface area contributed by atoms with E-state index in [1.165, 1.54) is 4.88 Å². The van der Waals surface area contributed by atoms with Crippen molar-refractivity contribution in [3.63, 3.8) is 0 Å². The SMILES string of the molecule is CCc1cnc(CCNC(=NC)NCc2c(OC)cc(OC)cc2OC)s1.I. The number of nitrogens with one attached hydrogen (secondary N) is 2. The van der Waals surface area contributed by atoms with E-state index in [1.54, 1.807) is 39.7 Å². The molecule has 9 heteroatoms. The molecule has 1 aromatic heterocycles. The fourth-order valence-electron chi connectivity index (χ4n) is 2.56. The fourth-order valence-corrected chi connectivity index (χ4v) is 3.42. The summed E-state index contributed by atoms with van der Waals surface area (Å²) in [6.07, 6.45) is 3.84. The molecule has 0 unspecified atom stereocenters. The Hall–Kier alpha value is -1.75. The van der Waals surface area contributed by atoms with Crippen LogP contribution < -0.4 is 24.8 Å². The zero-order valence-electron chi connectivity index (χ0n) is 17.0. The van der Waals surface area contributed by atoms with Crippen molar-refractivity contribution >= 4 is 41.3 Å². The maximum atomic E-state index is 5.48. The lowest BCUT2D eigenvalue weighted by Gasteiger charge is -2.17. The topological polar surface area (TPSA) is 77.0 Å². The van der Waals surface area contributed by atoms with Crippen LogP contribution in [0.25, 0.3) is 0 Å². The van der Waals surface area contributed by atoms with Gasteiger partial charge in [-0.2, -0.15) is 0 Å². The van der Waals surface area contributed by atoms with Crippen molar-refractivity contribution in [2.24, 2.45) is 4.99 Å². The first-order valence-electron chi connectivity index (χ1n) is 8.82. The zero-order chi connectivity index (χ0) is 19.6. The minimum atomic E-state index is 0. The molecule has 7 nitrogen and oxygen atoms in total. The molecule has 0 aliphatic carbocycles. The number of nitrogens with zero attached hydrogens (tertiary/aromatic N) is 2. The second-order valence-electron chi connectivity index (χ2n) is 5.69. The van der Waals surface area contributed by atoms with Crippen molar-refractivity contribution in [1.29, 1.82) is 0 Å². The monoisotopic (exact) mass is 520 g/mol. The quantitative estimate of drug-likeness (QED) is 0.301. The summed E-state index contributed by atoms with van der Waals surface area (Å²) >= 11 is 1.76. The lowest BCUT2D eigenvalue weighted by molar-refractivity contribution is 0.368. The molecule has 1 aromatic carbocycles. The number of halogens is 1. The van der Waals surface area contributed by atoms with Crippen molar-refractivity contribution in [3.8, 4) is 17.2 Å². The van der Waals surface area contributed by atoms with Gasteiger partial charge in [-0.05, 0) is 6.42 Å². The number of hydrogen-bond donors (Lipinski definition) is 2. The third-order valence-corrected chi connectivity index (χ3v) is 5.26. The number of thiazole rings is 1. The number of aryl methyl sites for hydroxylation is 1. The predicted octanol–water partition coefficient (Wildman–Crippen LogP) is 3.26. The van der Waals surface area contributed by atoms with Gasteiger partial charge in [-0.15, -0.1) is 35.3 Å². The smallest absolute Gasteiger partial charge is 0.191 e. The van der Waals surface area contributed by atoms with Gasteiger partial charge < -0.3 is 24.8 Å². The van der Waals surface area contributed by atoms with Gasteiger partial charge >= 0.3 is 0 Å². The molecule has 0 bridgehead atoms. The third kappa shape index (κ3) is 6.69. The number of aromatic nitrogens is 1. The van der Waals surface area contributed by atoms with Crippen molar-refractivity contribution < 1.29 is 14.2 Å². The van der Waals surface area contributed by atoms with Crippen LogP contribution >= 0.6 is 35.3 Å². The largest absolute Gasteiger partial charge is 0.496 e. The van der Waals surface area contributed by atoms with Gasteiger partial charge in [0.05, 0.1) is 38.4 Å². The summed E-state index contributed by atoms with van der Waals surface area (Å²) in [6.45, 7) is 3.41. The number of hydrogen-bond acceptors (Lipinski definition) is 6. The molecule has 2 rings (SSSR count). The molecule has 0 spiro atoms. The molecule has 0 fully saturated rings. The van der Waals surface area contributed by atoms with Gasteiger partial charge in [0.2, 0.25) is 0 Å². The van der Waals surface area contributed by atoms with Crippen LogP contribution in [0.15, 0.2) is 23.3 Å². The summed E-state index contributed by atoms with van der Waals surface area (Å²) in [6, 6.07) is 3.67. The minimum Gasteiger partial charge on any atom is -0.496 e. The minimum absolute atomic E-state index is 0. The number of aliphatic imine (C=N–C) groups is 1. The Morgan fingerprint density at radius 3 is 2.29 bits per heavy atom. The predicted molar refractivity (Wildman–Crippen MR) is 125 cm³/mol. The molecule has 0 radical (unpaired) electrons. The molecule has 0 saturated heterocycles. The molecule has 1 heterocycles. The molecule has 156 valence electrons. The molecule has 0 aliphatic rings. The second kappa shape index (κ2) is 12.7. The van der Waals surface area contributed by atoms with Crippen molar-refractivity contribution in [3.05, 3.63) is 33.8 Å². The normalized spacial score (nSPS) is 10.8. The van der Waals surface area contributed by atoms with E-state index in [4.69, 9.17) is 14.2 Å². The highest BCUT2D eigenvalue weighted by Crippen LogP contribution is 2.33. The Labute approximate surface area is 187 Å². The summed E-state index contributed by atoms with van der Waals surface area (Å²) in [4.78, 5) is 10.0. The van der Waals surface area contributed by atoms with Gasteiger partial charge in [0, 0.05) is 43.2 Å². The van der Waals surface area contributed by atoms with E-state index in [0.29, 0.717) is 29.8 Å². The molecule has 0 amide bonds. The van der Waals surface area contributed by atoms with Crippen LogP contribution in [0, 0.1) is 0 Å². The summed E-state index contributed by atoms with van der Waals surface area (Å²) < 4.78 is 16.2. The lowest BCUT2D eigenvalue weighted by atomic mass is 10.1. The van der Waals surface area contributed by atoms with Gasteiger partial charge in [-0.1, -0.05) is 6.92 Å². The standard InChI is InChI=1S/C19H28N4O3S.HI/c1-6-14-11-22-18(27-14)7-8-21-19(20-2)23-12-15-16(25-4)9-13(24-3)10-17(15)26-5;/h9-11H,6-8,12H2,1-5H3,(H2,20,21,23);1H. The van der Waals surface area contributed by atoms with E-state index in [0.717, 1.165) is 30.0 Å². The van der Waals surface area contributed by atoms with Crippen molar-refractivity contribution in [2.75, 3.05) is 34.9 Å². The average Bonchev–Trinajstić information content (AvgIpc) is 3.17. The van der Waals surface area contributed by atoms with E-state index >= 15 is 0 Å². The van der Waals surface area contributed by atoms with Crippen LogP contribution in [0.4, 0.5) is 0 Å². The van der Waals surface area contributed by atoms with Crippen LogP contribution in [-0.4, -0.2) is 45.9 Å². The second-order valence-corrected chi connectivity index (χ2v) is 6.89. The maximum Gasteiger partial charge on any atom is 0.191 e. The van der Waals surface area contributed by atoms with E-state index in [1.807, 2.05) is 18.3 Å². The summed E-state index contributed by atoms with van der Waals surface area (Å²) in [7, 11) is 6.62. The number of ether oxygens (including phenoxy) is 3. The molecule has 2 N–H and O–H groups in total. The van der Waals surface area contributed by atoms with Crippen molar-refractivity contribution in [2.45, 2.75) is 26.3 Å². The van der Waals surface area contributed by atoms with Crippen LogP contribution in [0.1, 0.15) is 22.4 Å². The Morgan fingerprint density at radius 2 is 1.79 bits per heavy atom. The lowest BCUT2D eigenvalue weighted by Crippen LogP contribution is -2.38. The highest BCUT2D eigenvalue weighted by molar-refractivity contribution is 14.0. The third-order valence-electron chi connectivity index (χ3n) is 4.05. The fraction of sp³-hybridized carbons (Fsp3) is 0.474. The molecule has 28 heavy (non-hydrogen) atoms. The van der Waals surface area contributed by atoms with E-state index in [2.05, 4.69) is 27.5 Å². The van der Waals surface area contributed by atoms with Crippen LogP contribution in [0.5, 0.6) is 17.2 Å². The highest BCUT2D eigenvalue weighted by atomic mass is 127. The van der Waals surface area contributed by atoms with Gasteiger partial charge in [0.25, 0.3) is 0 Å². The Balaban J connectivity index is 0.00000392. The Morgan fingerprint density at radius 1 is 1.11 bits per heavy atom.